The molecule has 5 heteroatoms. The standard InChI is InChI=1S/C18H26O4S/c1-4-15(13-8-6-5-7-9-13)22-10-16-18(21)17(20)14(19)11-23(16)12(2)3/h1,5-9,12,14-21,23H,10-11H2,2-3H3/t14-,15+,16+,17-,18-/m0/s1. The van der Waals surface area contributed by atoms with E-state index in [4.69, 9.17) is 11.2 Å². The highest BCUT2D eigenvalue weighted by Crippen LogP contribution is 2.44. The number of ether oxygens (including phenoxy) is 1. The highest BCUT2D eigenvalue weighted by Gasteiger charge is 2.42. The summed E-state index contributed by atoms with van der Waals surface area (Å²) >= 11 is 0. The smallest absolute Gasteiger partial charge is 0.143 e. The maximum absolute atomic E-state index is 10.4. The van der Waals surface area contributed by atoms with Gasteiger partial charge in [-0.25, -0.2) is 10.9 Å². The van der Waals surface area contributed by atoms with Crippen molar-refractivity contribution in [3.63, 3.8) is 0 Å². The molecule has 0 bridgehead atoms. The first kappa shape index (κ1) is 18.3. The molecule has 3 N–H and O–H groups in total. The molecule has 4 nitrogen and oxygen atoms in total. The molecule has 1 aromatic rings. The average Bonchev–Trinajstić information content (AvgIpc) is 2.55. The molecule has 2 rings (SSSR count). The van der Waals surface area contributed by atoms with E-state index in [1.54, 1.807) is 0 Å². The Labute approximate surface area is 140 Å². The predicted octanol–water partition coefficient (Wildman–Crippen LogP) is 1.25. The highest BCUT2D eigenvalue weighted by molar-refractivity contribution is 8.18. The number of terminal acetylenes is 1. The van der Waals surface area contributed by atoms with Crippen LogP contribution in [-0.4, -0.2) is 56.5 Å². The van der Waals surface area contributed by atoms with Crippen molar-refractivity contribution in [2.45, 2.75) is 48.8 Å². The van der Waals surface area contributed by atoms with Crippen LogP contribution < -0.4 is 0 Å². The van der Waals surface area contributed by atoms with E-state index in [-0.39, 0.29) is 11.9 Å². The SMILES string of the molecule is C#C[C@@H](OC[C@@H]1[C@H](O)[C@@H](O)[C@@H](O)C[SH]1C(C)C)c1ccccc1. The largest absolute Gasteiger partial charge is 0.390 e. The van der Waals surface area contributed by atoms with E-state index in [1.165, 1.54) is 0 Å². The van der Waals surface area contributed by atoms with Gasteiger partial charge >= 0.3 is 0 Å². The average molecular weight is 338 g/mol. The summed E-state index contributed by atoms with van der Waals surface area (Å²) in [6.07, 6.45) is 2.13. The van der Waals surface area contributed by atoms with Gasteiger partial charge in [0.25, 0.3) is 0 Å². The topological polar surface area (TPSA) is 69.9 Å². The Kier molecular flexibility index (Phi) is 6.51. The molecule has 0 aliphatic carbocycles. The number of aliphatic hydroxyl groups excluding tert-OH is 3. The third-order valence-electron chi connectivity index (χ3n) is 4.31. The molecule has 128 valence electrons. The zero-order valence-corrected chi connectivity index (χ0v) is 14.4. The molecule has 0 aromatic heterocycles. The first-order valence-corrected chi connectivity index (χ1v) is 9.54. The highest BCUT2D eigenvalue weighted by atomic mass is 32.2. The van der Waals surface area contributed by atoms with Crippen LogP contribution >= 0.6 is 10.9 Å². The minimum absolute atomic E-state index is 0.192. The summed E-state index contributed by atoms with van der Waals surface area (Å²) in [7, 11) is -0.658. The van der Waals surface area contributed by atoms with Crippen molar-refractivity contribution in [2.24, 2.45) is 0 Å². The summed E-state index contributed by atoms with van der Waals surface area (Å²) in [5.41, 5.74) is 0.898. The van der Waals surface area contributed by atoms with Gasteiger partial charge in [0.15, 0.2) is 0 Å². The summed E-state index contributed by atoms with van der Waals surface area (Å²) in [4.78, 5) is 0. The Morgan fingerprint density at radius 3 is 2.43 bits per heavy atom. The van der Waals surface area contributed by atoms with Gasteiger partial charge < -0.3 is 20.1 Å². The Bertz CT molecular complexity index is 528. The molecule has 0 radical (unpaired) electrons. The van der Waals surface area contributed by atoms with Crippen LogP contribution in [0.4, 0.5) is 0 Å². The normalized spacial score (nSPS) is 34.0. The number of thiol groups is 1. The van der Waals surface area contributed by atoms with Crippen molar-refractivity contribution >= 4 is 10.9 Å². The van der Waals surface area contributed by atoms with Crippen LogP contribution in [-0.2, 0) is 4.74 Å². The third kappa shape index (κ3) is 4.28. The quantitative estimate of drug-likeness (QED) is 0.482. The summed E-state index contributed by atoms with van der Waals surface area (Å²) in [5, 5.41) is 30.4. The molecule has 6 atom stereocenters. The second-order valence-electron chi connectivity index (χ2n) is 6.20. The summed E-state index contributed by atoms with van der Waals surface area (Å²) in [6, 6.07) is 9.54. The Morgan fingerprint density at radius 1 is 1.22 bits per heavy atom. The lowest BCUT2D eigenvalue weighted by Crippen LogP contribution is -2.53. The second kappa shape index (κ2) is 8.18. The van der Waals surface area contributed by atoms with Gasteiger partial charge in [-0.15, -0.1) is 6.42 Å². The maximum Gasteiger partial charge on any atom is 0.143 e. The fourth-order valence-corrected chi connectivity index (χ4v) is 5.91. The van der Waals surface area contributed by atoms with Crippen molar-refractivity contribution in [1.82, 2.24) is 0 Å². The lowest BCUT2D eigenvalue weighted by Gasteiger charge is -2.45. The fraction of sp³-hybridized carbons (Fsp3) is 0.556. The minimum atomic E-state index is -1.12. The van der Waals surface area contributed by atoms with Crippen LogP contribution in [0.1, 0.15) is 25.5 Å². The van der Waals surface area contributed by atoms with Crippen molar-refractivity contribution in [1.29, 1.82) is 0 Å². The molecular weight excluding hydrogens is 312 g/mol. The van der Waals surface area contributed by atoms with Crippen LogP contribution in [0.25, 0.3) is 0 Å². The van der Waals surface area contributed by atoms with Crippen molar-refractivity contribution in [3.05, 3.63) is 35.9 Å². The van der Waals surface area contributed by atoms with E-state index in [9.17, 15) is 15.3 Å². The molecule has 0 amide bonds. The van der Waals surface area contributed by atoms with Crippen LogP contribution in [0, 0.1) is 12.3 Å². The van der Waals surface area contributed by atoms with Crippen LogP contribution in [0.15, 0.2) is 30.3 Å². The van der Waals surface area contributed by atoms with E-state index >= 15 is 0 Å². The lowest BCUT2D eigenvalue weighted by atomic mass is 10.1. The molecule has 1 aliphatic rings. The zero-order valence-electron chi connectivity index (χ0n) is 13.5. The predicted molar refractivity (Wildman–Crippen MR) is 94.8 cm³/mol. The number of hydrogen-bond acceptors (Lipinski definition) is 4. The van der Waals surface area contributed by atoms with Crippen LogP contribution in [0.5, 0.6) is 0 Å². The molecule has 23 heavy (non-hydrogen) atoms. The summed E-state index contributed by atoms with van der Waals surface area (Å²) in [6.45, 7) is 4.43. The summed E-state index contributed by atoms with van der Waals surface area (Å²) in [5.74, 6) is 3.15. The van der Waals surface area contributed by atoms with E-state index in [1.807, 2.05) is 30.3 Å². The number of aliphatic hydroxyl groups is 3. The molecule has 1 unspecified atom stereocenters. The molecule has 1 heterocycles. The van der Waals surface area contributed by atoms with Gasteiger partial charge in [0, 0.05) is 11.0 Å². The van der Waals surface area contributed by atoms with Crippen molar-refractivity contribution in [2.75, 3.05) is 12.4 Å². The van der Waals surface area contributed by atoms with E-state index in [0.717, 1.165) is 5.56 Å². The van der Waals surface area contributed by atoms with E-state index in [2.05, 4.69) is 19.8 Å². The second-order valence-corrected chi connectivity index (χ2v) is 9.29. The third-order valence-corrected chi connectivity index (χ3v) is 7.74. The molecule has 1 fully saturated rings. The zero-order chi connectivity index (χ0) is 17.0. The molecule has 0 spiro atoms. The molecule has 1 saturated heterocycles. The van der Waals surface area contributed by atoms with Crippen molar-refractivity contribution < 1.29 is 20.1 Å². The van der Waals surface area contributed by atoms with Gasteiger partial charge in [-0.3, -0.25) is 0 Å². The minimum Gasteiger partial charge on any atom is -0.390 e. The summed E-state index contributed by atoms with van der Waals surface area (Å²) < 4.78 is 5.88. The molecule has 0 saturated carbocycles. The Balaban J connectivity index is 2.08. The Hall–Kier alpha value is -1.03. The van der Waals surface area contributed by atoms with Gasteiger partial charge in [-0.2, -0.15) is 0 Å². The van der Waals surface area contributed by atoms with Gasteiger partial charge in [0.1, 0.15) is 12.2 Å². The van der Waals surface area contributed by atoms with E-state index in [0.29, 0.717) is 11.0 Å². The van der Waals surface area contributed by atoms with Gasteiger partial charge in [0.2, 0.25) is 0 Å². The van der Waals surface area contributed by atoms with E-state index < -0.39 is 35.3 Å². The first-order chi connectivity index (χ1) is 11.0. The lowest BCUT2D eigenvalue weighted by molar-refractivity contribution is -0.0663. The molecule has 1 aliphatic heterocycles. The van der Waals surface area contributed by atoms with Gasteiger partial charge in [-0.05, 0) is 10.8 Å². The maximum atomic E-state index is 10.4. The number of rotatable bonds is 5. The van der Waals surface area contributed by atoms with Crippen LogP contribution in [0.3, 0.4) is 0 Å². The molecular formula is C18H26O4S. The molecule has 1 aromatic carbocycles. The van der Waals surface area contributed by atoms with Gasteiger partial charge in [-0.1, -0.05) is 50.1 Å². The monoisotopic (exact) mass is 338 g/mol. The Morgan fingerprint density at radius 2 is 1.87 bits per heavy atom. The van der Waals surface area contributed by atoms with Crippen LogP contribution in [0.2, 0.25) is 0 Å². The van der Waals surface area contributed by atoms with Crippen molar-refractivity contribution in [3.8, 4) is 12.3 Å². The fourth-order valence-electron chi connectivity index (χ4n) is 2.96. The number of benzene rings is 1. The van der Waals surface area contributed by atoms with Gasteiger partial charge in [0.05, 0.1) is 18.8 Å². The number of hydrogen-bond donors (Lipinski definition) is 4. The first-order valence-electron chi connectivity index (χ1n) is 7.88.